The van der Waals surface area contributed by atoms with Gasteiger partial charge < -0.3 is 10.2 Å². The first-order valence-electron chi connectivity index (χ1n) is 11.3. The average molecular weight is 548 g/mol. The molecule has 0 saturated heterocycles. The first-order valence-corrected chi connectivity index (χ1v) is 13.5. The van der Waals surface area contributed by atoms with Crippen molar-refractivity contribution < 1.29 is 18.0 Å². The van der Waals surface area contributed by atoms with E-state index in [1.807, 2.05) is 30.3 Å². The van der Waals surface area contributed by atoms with E-state index < -0.39 is 28.5 Å². The molecule has 0 fully saturated rings. The molecule has 0 radical (unpaired) electrons. The zero-order valence-corrected chi connectivity index (χ0v) is 22.2. The maximum absolute atomic E-state index is 13.8. The number of hydrogen-bond donors (Lipinski definition) is 1. The lowest BCUT2D eigenvalue weighted by Crippen LogP contribution is -2.51. The first-order chi connectivity index (χ1) is 17.2. The van der Waals surface area contributed by atoms with Gasteiger partial charge in [-0.3, -0.25) is 13.9 Å². The SMILES string of the molecule is CC[C@H](C(=O)NC)N(Cc1ccccc1)C(=O)CN(c1cccc(Cl)c1Cl)S(=O)(=O)c1ccccc1. The number of benzene rings is 3. The van der Waals surface area contributed by atoms with Gasteiger partial charge in [0.25, 0.3) is 10.0 Å². The molecule has 1 N–H and O–H groups in total. The summed E-state index contributed by atoms with van der Waals surface area (Å²) in [7, 11) is -2.72. The van der Waals surface area contributed by atoms with E-state index in [-0.39, 0.29) is 33.1 Å². The summed E-state index contributed by atoms with van der Waals surface area (Å²) in [5, 5.41) is 2.74. The van der Waals surface area contributed by atoms with Crippen molar-refractivity contribution in [3.63, 3.8) is 0 Å². The van der Waals surface area contributed by atoms with Gasteiger partial charge in [-0.2, -0.15) is 0 Å². The molecule has 10 heteroatoms. The highest BCUT2D eigenvalue weighted by molar-refractivity contribution is 7.92. The van der Waals surface area contributed by atoms with Crippen molar-refractivity contribution in [2.24, 2.45) is 0 Å². The molecule has 0 saturated carbocycles. The van der Waals surface area contributed by atoms with Crippen LogP contribution in [0.4, 0.5) is 5.69 Å². The molecule has 0 bridgehead atoms. The molecule has 190 valence electrons. The van der Waals surface area contributed by atoms with Crippen molar-refractivity contribution in [1.82, 2.24) is 10.2 Å². The summed E-state index contributed by atoms with van der Waals surface area (Å²) in [6.07, 6.45) is 0.335. The van der Waals surface area contributed by atoms with E-state index in [1.165, 1.54) is 36.2 Å². The summed E-state index contributed by atoms with van der Waals surface area (Å²) in [6.45, 7) is 1.32. The van der Waals surface area contributed by atoms with E-state index in [0.29, 0.717) is 6.42 Å². The van der Waals surface area contributed by atoms with Crippen LogP contribution in [0.3, 0.4) is 0 Å². The molecule has 0 aliphatic rings. The Morgan fingerprint density at radius 2 is 1.53 bits per heavy atom. The predicted octanol–water partition coefficient (Wildman–Crippen LogP) is 4.74. The van der Waals surface area contributed by atoms with Crippen LogP contribution in [-0.4, -0.2) is 44.8 Å². The Morgan fingerprint density at radius 1 is 0.917 bits per heavy atom. The van der Waals surface area contributed by atoms with Crippen LogP contribution >= 0.6 is 23.2 Å². The molecule has 0 spiro atoms. The predicted molar refractivity (Wildman–Crippen MR) is 143 cm³/mol. The van der Waals surface area contributed by atoms with Gasteiger partial charge in [0, 0.05) is 13.6 Å². The van der Waals surface area contributed by atoms with E-state index in [0.717, 1.165) is 9.87 Å². The van der Waals surface area contributed by atoms with Gasteiger partial charge in [-0.25, -0.2) is 8.42 Å². The summed E-state index contributed by atoms with van der Waals surface area (Å²) >= 11 is 12.6. The van der Waals surface area contributed by atoms with Crippen LogP contribution in [0.15, 0.2) is 83.8 Å². The number of anilines is 1. The lowest BCUT2D eigenvalue weighted by atomic mass is 10.1. The summed E-state index contributed by atoms with van der Waals surface area (Å²) in [6, 6.07) is 20.7. The molecule has 7 nitrogen and oxygen atoms in total. The van der Waals surface area contributed by atoms with Crippen molar-refractivity contribution in [3.05, 3.63) is 94.5 Å². The van der Waals surface area contributed by atoms with Crippen molar-refractivity contribution in [1.29, 1.82) is 0 Å². The van der Waals surface area contributed by atoms with Crippen LogP contribution < -0.4 is 9.62 Å². The highest BCUT2D eigenvalue weighted by atomic mass is 35.5. The van der Waals surface area contributed by atoms with E-state index in [2.05, 4.69) is 5.32 Å². The first kappa shape index (κ1) is 27.5. The minimum atomic E-state index is -4.21. The van der Waals surface area contributed by atoms with Crippen LogP contribution in [0.5, 0.6) is 0 Å². The number of rotatable bonds is 10. The molecule has 0 aromatic heterocycles. The summed E-state index contributed by atoms with van der Waals surface area (Å²) in [5.74, 6) is -0.912. The lowest BCUT2D eigenvalue weighted by Gasteiger charge is -2.33. The Hall–Kier alpha value is -3.07. The van der Waals surface area contributed by atoms with Gasteiger partial charge in [0.1, 0.15) is 12.6 Å². The Bertz CT molecular complexity index is 1310. The van der Waals surface area contributed by atoms with Crippen molar-refractivity contribution in [3.8, 4) is 0 Å². The molecule has 0 unspecified atom stereocenters. The molecule has 0 heterocycles. The van der Waals surface area contributed by atoms with Crippen LogP contribution in [0.1, 0.15) is 18.9 Å². The maximum Gasteiger partial charge on any atom is 0.264 e. The van der Waals surface area contributed by atoms with E-state index in [9.17, 15) is 18.0 Å². The third kappa shape index (κ3) is 6.19. The molecule has 36 heavy (non-hydrogen) atoms. The van der Waals surface area contributed by atoms with Gasteiger partial charge in [0.15, 0.2) is 0 Å². The number of amides is 2. The van der Waals surface area contributed by atoms with Gasteiger partial charge >= 0.3 is 0 Å². The molecule has 3 rings (SSSR count). The number of sulfonamides is 1. The van der Waals surface area contributed by atoms with Crippen molar-refractivity contribution in [2.75, 3.05) is 17.9 Å². The van der Waals surface area contributed by atoms with Crippen LogP contribution in [0, 0.1) is 0 Å². The Kier molecular flexibility index (Phi) is 9.37. The second-order valence-corrected chi connectivity index (χ2v) is 10.6. The van der Waals surface area contributed by atoms with E-state index >= 15 is 0 Å². The van der Waals surface area contributed by atoms with E-state index in [1.54, 1.807) is 31.2 Å². The Morgan fingerprint density at radius 3 is 2.11 bits per heavy atom. The highest BCUT2D eigenvalue weighted by Gasteiger charge is 2.34. The number of nitrogens with zero attached hydrogens (tertiary/aromatic N) is 2. The van der Waals surface area contributed by atoms with Crippen molar-refractivity contribution in [2.45, 2.75) is 30.8 Å². The third-order valence-corrected chi connectivity index (χ3v) is 8.22. The monoisotopic (exact) mass is 547 g/mol. The van der Waals surface area contributed by atoms with Gasteiger partial charge in [-0.15, -0.1) is 0 Å². The number of nitrogens with one attached hydrogen (secondary N) is 1. The minimum Gasteiger partial charge on any atom is -0.357 e. The van der Waals surface area contributed by atoms with Crippen molar-refractivity contribution >= 4 is 50.7 Å². The molecule has 3 aromatic rings. The van der Waals surface area contributed by atoms with Crippen LogP contribution in [0.25, 0.3) is 0 Å². The van der Waals surface area contributed by atoms with Crippen LogP contribution in [-0.2, 0) is 26.2 Å². The number of hydrogen-bond acceptors (Lipinski definition) is 4. The Labute approximate surface area is 221 Å². The summed E-state index contributed by atoms with van der Waals surface area (Å²) in [4.78, 5) is 27.8. The molecule has 0 aliphatic heterocycles. The standard InChI is InChI=1S/C26H27Cl2N3O4S/c1-3-22(26(33)29-2)30(17-19-11-6-4-7-12-19)24(32)18-31(23-16-10-15-21(27)25(23)28)36(34,35)20-13-8-5-9-14-20/h4-16,22H,3,17-18H2,1-2H3,(H,29,33)/t22-/m1/s1. The minimum absolute atomic E-state index is 0.000532. The molecule has 3 aromatic carbocycles. The summed E-state index contributed by atoms with van der Waals surface area (Å²) < 4.78 is 28.4. The van der Waals surface area contributed by atoms with Gasteiger partial charge in [0.05, 0.1) is 20.6 Å². The molecule has 1 atom stereocenters. The largest absolute Gasteiger partial charge is 0.357 e. The zero-order chi connectivity index (χ0) is 26.3. The second kappa shape index (κ2) is 12.3. The molecular formula is C26H27Cl2N3O4S. The van der Waals surface area contributed by atoms with E-state index in [4.69, 9.17) is 23.2 Å². The number of carbonyl (C=O) groups is 2. The highest BCUT2D eigenvalue weighted by Crippen LogP contribution is 2.35. The fourth-order valence-corrected chi connectivity index (χ4v) is 5.68. The lowest BCUT2D eigenvalue weighted by molar-refractivity contribution is -0.140. The number of likely N-dealkylation sites (N-methyl/N-ethyl adjacent to an activating group) is 1. The smallest absolute Gasteiger partial charge is 0.264 e. The average Bonchev–Trinajstić information content (AvgIpc) is 2.89. The normalized spacial score (nSPS) is 12.0. The number of carbonyl (C=O) groups excluding carboxylic acids is 2. The topological polar surface area (TPSA) is 86.8 Å². The summed E-state index contributed by atoms with van der Waals surface area (Å²) in [5.41, 5.74) is 0.862. The fourth-order valence-electron chi connectivity index (χ4n) is 3.78. The Balaban J connectivity index is 2.09. The maximum atomic E-state index is 13.8. The third-order valence-electron chi connectivity index (χ3n) is 5.64. The fraction of sp³-hybridized carbons (Fsp3) is 0.231. The second-order valence-electron chi connectivity index (χ2n) is 7.94. The van der Waals surface area contributed by atoms with Gasteiger partial charge in [-0.05, 0) is 36.2 Å². The van der Waals surface area contributed by atoms with Gasteiger partial charge in [0.2, 0.25) is 11.8 Å². The quantitative estimate of drug-likeness (QED) is 0.397. The number of halogens is 2. The van der Waals surface area contributed by atoms with Gasteiger partial charge in [-0.1, -0.05) is 84.7 Å². The zero-order valence-electron chi connectivity index (χ0n) is 19.9. The molecular weight excluding hydrogens is 521 g/mol. The molecule has 0 aliphatic carbocycles. The van der Waals surface area contributed by atoms with Crippen LogP contribution in [0.2, 0.25) is 10.0 Å². The molecule has 2 amide bonds.